The highest BCUT2D eigenvalue weighted by Crippen LogP contribution is 2.28. The third-order valence-electron chi connectivity index (χ3n) is 3.16. The van der Waals surface area contributed by atoms with Crippen LogP contribution in [0, 0.1) is 12.3 Å². The number of aromatic nitrogens is 2. The van der Waals surface area contributed by atoms with Gasteiger partial charge in [-0.25, -0.2) is 9.97 Å². The Balaban J connectivity index is 1.99. The van der Waals surface area contributed by atoms with E-state index in [2.05, 4.69) is 20.8 Å². The van der Waals surface area contributed by atoms with Gasteiger partial charge in [0.1, 0.15) is 5.69 Å². The van der Waals surface area contributed by atoms with E-state index in [1.54, 1.807) is 4.90 Å². The molecule has 2 rings (SSSR count). The van der Waals surface area contributed by atoms with Gasteiger partial charge in [0.25, 0.3) is 0 Å². The highest BCUT2D eigenvalue weighted by molar-refractivity contribution is 5.31. The van der Waals surface area contributed by atoms with E-state index >= 15 is 0 Å². The number of anilines is 1. The molecular formula is C13H15F3N4. The molecule has 1 fully saturated rings. The predicted molar refractivity (Wildman–Crippen MR) is 69.1 cm³/mol. The van der Waals surface area contributed by atoms with Gasteiger partial charge in [-0.1, -0.05) is 0 Å². The van der Waals surface area contributed by atoms with Crippen molar-refractivity contribution in [2.45, 2.75) is 12.6 Å². The number of hydrogen-bond acceptors (Lipinski definition) is 4. The summed E-state index contributed by atoms with van der Waals surface area (Å²) in [5.74, 6) is 2.71. The summed E-state index contributed by atoms with van der Waals surface area (Å²) in [7, 11) is 0. The lowest BCUT2D eigenvalue weighted by Gasteiger charge is -2.34. The third-order valence-corrected chi connectivity index (χ3v) is 3.16. The minimum atomic E-state index is -4.44. The van der Waals surface area contributed by atoms with Crippen LogP contribution in [0.3, 0.4) is 0 Å². The number of hydrogen-bond donors (Lipinski definition) is 0. The van der Waals surface area contributed by atoms with Gasteiger partial charge in [-0.05, 0) is 6.07 Å². The second-order valence-electron chi connectivity index (χ2n) is 4.52. The predicted octanol–water partition coefficient (Wildman–Crippen LogP) is 1.64. The van der Waals surface area contributed by atoms with Crippen molar-refractivity contribution in [3.8, 4) is 12.3 Å². The first-order chi connectivity index (χ1) is 9.50. The molecule has 0 radical (unpaired) electrons. The Kier molecular flexibility index (Phi) is 4.45. The Bertz CT molecular complexity index is 487. The van der Waals surface area contributed by atoms with Crippen LogP contribution in [0.4, 0.5) is 19.1 Å². The van der Waals surface area contributed by atoms with Gasteiger partial charge in [-0.3, -0.25) is 4.90 Å². The molecule has 0 saturated carbocycles. The molecular weight excluding hydrogens is 269 g/mol. The number of halogens is 3. The Morgan fingerprint density at radius 1 is 1.25 bits per heavy atom. The molecule has 1 aromatic rings. The third kappa shape index (κ3) is 3.61. The molecule has 0 spiro atoms. The molecule has 0 aliphatic carbocycles. The van der Waals surface area contributed by atoms with E-state index in [1.165, 1.54) is 0 Å². The number of terminal acetylenes is 1. The minimum Gasteiger partial charge on any atom is -0.338 e. The van der Waals surface area contributed by atoms with Crippen molar-refractivity contribution in [3.05, 3.63) is 18.0 Å². The Morgan fingerprint density at radius 2 is 1.95 bits per heavy atom. The summed E-state index contributed by atoms with van der Waals surface area (Å²) in [6, 6.07) is 0.882. The second-order valence-corrected chi connectivity index (χ2v) is 4.52. The smallest absolute Gasteiger partial charge is 0.338 e. The van der Waals surface area contributed by atoms with Crippen molar-refractivity contribution in [1.29, 1.82) is 0 Å². The van der Waals surface area contributed by atoms with Crippen LogP contribution in [0.1, 0.15) is 12.1 Å². The van der Waals surface area contributed by atoms with Crippen molar-refractivity contribution in [3.63, 3.8) is 0 Å². The fourth-order valence-electron chi connectivity index (χ4n) is 2.05. The van der Waals surface area contributed by atoms with Crippen LogP contribution in [0.25, 0.3) is 0 Å². The molecule has 1 aliphatic heterocycles. The SMILES string of the molecule is C#CCCN1CCN(c2nccc(C(F)(F)F)n2)CC1. The summed E-state index contributed by atoms with van der Waals surface area (Å²) in [6.07, 6.45) is 2.60. The number of piperazine rings is 1. The van der Waals surface area contributed by atoms with E-state index in [9.17, 15) is 13.2 Å². The zero-order valence-corrected chi connectivity index (χ0v) is 10.9. The first-order valence-corrected chi connectivity index (χ1v) is 6.31. The fraction of sp³-hybridized carbons (Fsp3) is 0.538. The Labute approximate surface area is 115 Å². The maximum atomic E-state index is 12.6. The summed E-state index contributed by atoms with van der Waals surface area (Å²) in [4.78, 5) is 11.5. The van der Waals surface area contributed by atoms with Gasteiger partial charge >= 0.3 is 6.18 Å². The van der Waals surface area contributed by atoms with Crippen LogP contribution in [0.2, 0.25) is 0 Å². The zero-order chi connectivity index (χ0) is 14.6. The van der Waals surface area contributed by atoms with Gasteiger partial charge in [0.15, 0.2) is 0 Å². The van der Waals surface area contributed by atoms with Crippen LogP contribution < -0.4 is 4.90 Å². The van der Waals surface area contributed by atoms with Crippen molar-refractivity contribution in [2.75, 3.05) is 37.6 Å². The highest BCUT2D eigenvalue weighted by Gasteiger charge is 2.33. The lowest BCUT2D eigenvalue weighted by atomic mass is 10.3. The summed E-state index contributed by atoms with van der Waals surface area (Å²) in [6.45, 7) is 3.52. The highest BCUT2D eigenvalue weighted by atomic mass is 19.4. The molecule has 0 atom stereocenters. The van der Waals surface area contributed by atoms with Crippen molar-refractivity contribution in [2.24, 2.45) is 0 Å². The average molecular weight is 284 g/mol. The molecule has 4 nitrogen and oxygen atoms in total. The lowest BCUT2D eigenvalue weighted by molar-refractivity contribution is -0.141. The minimum absolute atomic E-state index is 0.136. The molecule has 1 aliphatic rings. The van der Waals surface area contributed by atoms with Gasteiger partial charge in [-0.2, -0.15) is 13.2 Å². The van der Waals surface area contributed by atoms with E-state index in [4.69, 9.17) is 6.42 Å². The standard InChI is InChI=1S/C13H15F3N4/c1-2-3-6-19-7-9-20(10-8-19)12-17-5-4-11(18-12)13(14,15)16/h1,4-5H,3,6-10H2. The molecule has 1 aromatic heterocycles. The maximum Gasteiger partial charge on any atom is 0.433 e. The maximum absolute atomic E-state index is 12.6. The van der Waals surface area contributed by atoms with Crippen molar-refractivity contribution in [1.82, 2.24) is 14.9 Å². The van der Waals surface area contributed by atoms with E-state index in [0.29, 0.717) is 19.5 Å². The molecule has 0 bridgehead atoms. The van der Waals surface area contributed by atoms with E-state index in [1.807, 2.05) is 0 Å². The van der Waals surface area contributed by atoms with Gasteiger partial charge in [0, 0.05) is 45.3 Å². The Morgan fingerprint density at radius 3 is 2.55 bits per heavy atom. The average Bonchev–Trinajstić information content (AvgIpc) is 2.45. The topological polar surface area (TPSA) is 32.3 Å². The quantitative estimate of drug-likeness (QED) is 0.790. The second kappa shape index (κ2) is 6.09. The van der Waals surface area contributed by atoms with E-state index < -0.39 is 11.9 Å². The summed E-state index contributed by atoms with van der Waals surface area (Å²) in [5, 5.41) is 0. The molecule has 0 aromatic carbocycles. The van der Waals surface area contributed by atoms with Crippen LogP contribution in [-0.4, -0.2) is 47.6 Å². The Hall–Kier alpha value is -1.81. The number of nitrogens with zero attached hydrogens (tertiary/aromatic N) is 4. The summed E-state index contributed by atoms with van der Waals surface area (Å²) >= 11 is 0. The monoisotopic (exact) mass is 284 g/mol. The first kappa shape index (κ1) is 14.6. The van der Waals surface area contributed by atoms with Crippen LogP contribution in [-0.2, 0) is 6.18 Å². The van der Waals surface area contributed by atoms with Crippen molar-refractivity contribution >= 4 is 5.95 Å². The fourth-order valence-corrected chi connectivity index (χ4v) is 2.05. The molecule has 1 saturated heterocycles. The molecule has 0 unspecified atom stereocenters. The lowest BCUT2D eigenvalue weighted by Crippen LogP contribution is -2.47. The van der Waals surface area contributed by atoms with Crippen molar-refractivity contribution < 1.29 is 13.2 Å². The summed E-state index contributed by atoms with van der Waals surface area (Å²) in [5.41, 5.74) is -0.905. The van der Waals surface area contributed by atoms with Gasteiger partial charge in [0.05, 0.1) is 0 Å². The number of alkyl halides is 3. The number of rotatable bonds is 3. The zero-order valence-electron chi connectivity index (χ0n) is 10.9. The van der Waals surface area contributed by atoms with Gasteiger partial charge in [-0.15, -0.1) is 12.3 Å². The molecule has 7 heteroatoms. The molecule has 0 amide bonds. The van der Waals surface area contributed by atoms with Crippen LogP contribution >= 0.6 is 0 Å². The van der Waals surface area contributed by atoms with Crippen LogP contribution in [0.15, 0.2) is 12.3 Å². The van der Waals surface area contributed by atoms with Gasteiger partial charge in [0.2, 0.25) is 5.95 Å². The van der Waals surface area contributed by atoms with Gasteiger partial charge < -0.3 is 4.90 Å². The molecule has 108 valence electrons. The van der Waals surface area contributed by atoms with E-state index in [-0.39, 0.29) is 5.95 Å². The molecule has 2 heterocycles. The molecule has 0 N–H and O–H groups in total. The van der Waals surface area contributed by atoms with Crippen LogP contribution in [0.5, 0.6) is 0 Å². The molecule has 20 heavy (non-hydrogen) atoms. The largest absolute Gasteiger partial charge is 0.433 e. The summed E-state index contributed by atoms with van der Waals surface area (Å²) < 4.78 is 37.8. The first-order valence-electron chi connectivity index (χ1n) is 6.31. The normalized spacial score (nSPS) is 17.0. The van der Waals surface area contributed by atoms with E-state index in [0.717, 1.165) is 31.9 Å².